The number of aromatic carboxylic acids is 1. The molecule has 6 nitrogen and oxygen atoms in total. The van der Waals surface area contributed by atoms with Gasteiger partial charge >= 0.3 is 12.0 Å². The second kappa shape index (κ2) is 6.71. The summed E-state index contributed by atoms with van der Waals surface area (Å²) in [5.41, 5.74) is 1.02. The number of nitrogens with zero attached hydrogens (tertiary/aromatic N) is 1. The van der Waals surface area contributed by atoms with Crippen molar-refractivity contribution in [3.05, 3.63) is 58.9 Å². The fourth-order valence-corrected chi connectivity index (χ4v) is 1.87. The Morgan fingerprint density at radius 2 is 2.05 bits per heavy atom. The number of rotatable bonds is 4. The maximum absolute atomic E-state index is 11.7. The summed E-state index contributed by atoms with van der Waals surface area (Å²) in [6.45, 7) is 0.263. The number of carbonyl (C=O) groups is 2. The first-order valence-corrected chi connectivity index (χ1v) is 6.41. The maximum atomic E-state index is 11.7. The van der Waals surface area contributed by atoms with E-state index in [9.17, 15) is 9.59 Å². The second-order valence-corrected chi connectivity index (χ2v) is 4.60. The third kappa shape index (κ3) is 4.47. The highest BCUT2D eigenvalue weighted by atomic mass is 35.5. The zero-order valence-corrected chi connectivity index (χ0v) is 11.6. The molecule has 7 heteroatoms. The Morgan fingerprint density at radius 3 is 2.71 bits per heavy atom. The van der Waals surface area contributed by atoms with Crippen molar-refractivity contribution in [1.29, 1.82) is 0 Å². The number of halogens is 1. The van der Waals surface area contributed by atoms with Crippen LogP contribution in [0.3, 0.4) is 0 Å². The van der Waals surface area contributed by atoms with Gasteiger partial charge < -0.3 is 15.7 Å². The van der Waals surface area contributed by atoms with Crippen LogP contribution in [0.2, 0.25) is 5.02 Å². The number of urea groups is 1. The molecule has 2 aromatic rings. The van der Waals surface area contributed by atoms with Crippen LogP contribution < -0.4 is 10.6 Å². The van der Waals surface area contributed by atoms with Crippen molar-refractivity contribution >= 4 is 29.3 Å². The molecule has 0 spiro atoms. The zero-order valence-electron chi connectivity index (χ0n) is 10.8. The van der Waals surface area contributed by atoms with Crippen LogP contribution in [0.4, 0.5) is 10.5 Å². The second-order valence-electron chi connectivity index (χ2n) is 4.16. The fraction of sp³-hybridized carbons (Fsp3) is 0.0714. The fourth-order valence-electron chi connectivity index (χ4n) is 1.63. The van der Waals surface area contributed by atoms with Gasteiger partial charge in [0.1, 0.15) is 0 Å². The molecule has 0 unspecified atom stereocenters. The topological polar surface area (TPSA) is 91.3 Å². The summed E-state index contributed by atoms with van der Waals surface area (Å²) in [7, 11) is 0. The summed E-state index contributed by atoms with van der Waals surface area (Å²) in [4.78, 5) is 26.7. The standard InChI is InChI=1S/C14H12ClN3O3/c15-10-5-9(13(19)20)6-12(7-10)18-14(21)17-8-11-3-1-2-4-16-11/h1-7H,8H2,(H,19,20)(H2,17,18,21). The van der Waals surface area contributed by atoms with Gasteiger partial charge in [-0.1, -0.05) is 17.7 Å². The van der Waals surface area contributed by atoms with E-state index >= 15 is 0 Å². The average Bonchev–Trinajstić information content (AvgIpc) is 2.45. The molecule has 21 heavy (non-hydrogen) atoms. The lowest BCUT2D eigenvalue weighted by Crippen LogP contribution is -2.28. The van der Waals surface area contributed by atoms with E-state index in [-0.39, 0.29) is 17.1 Å². The van der Waals surface area contributed by atoms with Gasteiger partial charge in [0.25, 0.3) is 0 Å². The van der Waals surface area contributed by atoms with Crippen LogP contribution in [0.1, 0.15) is 16.1 Å². The van der Waals surface area contributed by atoms with Gasteiger partial charge in [-0.2, -0.15) is 0 Å². The highest BCUT2D eigenvalue weighted by molar-refractivity contribution is 6.31. The minimum atomic E-state index is -1.12. The van der Waals surface area contributed by atoms with E-state index in [2.05, 4.69) is 15.6 Å². The van der Waals surface area contributed by atoms with Crippen molar-refractivity contribution in [2.45, 2.75) is 6.54 Å². The number of aromatic nitrogens is 1. The molecular weight excluding hydrogens is 294 g/mol. The monoisotopic (exact) mass is 305 g/mol. The highest BCUT2D eigenvalue weighted by Gasteiger charge is 2.08. The average molecular weight is 306 g/mol. The molecule has 0 radical (unpaired) electrons. The molecule has 0 atom stereocenters. The summed E-state index contributed by atoms with van der Waals surface area (Å²) in [5.74, 6) is -1.12. The van der Waals surface area contributed by atoms with E-state index in [1.165, 1.54) is 18.2 Å². The van der Waals surface area contributed by atoms with Gasteiger partial charge in [-0.05, 0) is 30.3 Å². The Bertz CT molecular complexity index is 662. The predicted octanol–water partition coefficient (Wildman–Crippen LogP) is 2.75. The van der Waals surface area contributed by atoms with Crippen LogP contribution in [-0.4, -0.2) is 22.1 Å². The third-order valence-electron chi connectivity index (χ3n) is 2.56. The van der Waals surface area contributed by atoms with Crippen molar-refractivity contribution in [2.75, 3.05) is 5.32 Å². The Kier molecular flexibility index (Phi) is 4.73. The van der Waals surface area contributed by atoms with E-state index in [4.69, 9.17) is 16.7 Å². The molecule has 108 valence electrons. The molecule has 0 aliphatic carbocycles. The molecule has 0 fully saturated rings. The minimum Gasteiger partial charge on any atom is -0.478 e. The van der Waals surface area contributed by atoms with Gasteiger partial charge in [0.05, 0.1) is 17.8 Å². The molecule has 0 aliphatic heterocycles. The molecule has 1 aromatic heterocycles. The van der Waals surface area contributed by atoms with Crippen LogP contribution in [0.15, 0.2) is 42.6 Å². The molecular formula is C14H12ClN3O3. The van der Waals surface area contributed by atoms with Crippen molar-refractivity contribution in [2.24, 2.45) is 0 Å². The smallest absolute Gasteiger partial charge is 0.335 e. The number of carboxylic acids is 1. The molecule has 0 bridgehead atoms. The van der Waals surface area contributed by atoms with Crippen molar-refractivity contribution in [3.63, 3.8) is 0 Å². The summed E-state index contributed by atoms with van der Waals surface area (Å²) < 4.78 is 0. The van der Waals surface area contributed by atoms with E-state index in [1.807, 2.05) is 6.07 Å². The van der Waals surface area contributed by atoms with E-state index in [0.717, 1.165) is 0 Å². The molecule has 0 aliphatic rings. The summed E-state index contributed by atoms with van der Waals surface area (Å²) in [6, 6.07) is 9.01. The number of anilines is 1. The van der Waals surface area contributed by atoms with Crippen LogP contribution in [0.5, 0.6) is 0 Å². The number of amides is 2. The van der Waals surface area contributed by atoms with E-state index in [0.29, 0.717) is 11.4 Å². The Hall–Kier alpha value is -2.60. The number of carbonyl (C=O) groups excluding carboxylic acids is 1. The van der Waals surface area contributed by atoms with Gasteiger partial charge in [-0.15, -0.1) is 0 Å². The van der Waals surface area contributed by atoms with Gasteiger partial charge in [-0.25, -0.2) is 9.59 Å². The number of carboxylic acid groups (broad SMARTS) is 1. The zero-order chi connectivity index (χ0) is 15.2. The number of pyridine rings is 1. The van der Waals surface area contributed by atoms with Gasteiger partial charge in [0, 0.05) is 16.9 Å². The number of hydrogen-bond acceptors (Lipinski definition) is 3. The van der Waals surface area contributed by atoms with Gasteiger partial charge in [-0.3, -0.25) is 4.98 Å². The minimum absolute atomic E-state index is 0.00234. The van der Waals surface area contributed by atoms with Crippen LogP contribution >= 0.6 is 11.6 Å². The van der Waals surface area contributed by atoms with E-state index in [1.54, 1.807) is 18.3 Å². The lowest BCUT2D eigenvalue weighted by molar-refractivity contribution is 0.0697. The molecule has 1 heterocycles. The van der Waals surface area contributed by atoms with E-state index < -0.39 is 12.0 Å². The normalized spacial score (nSPS) is 9.95. The summed E-state index contributed by atoms with van der Waals surface area (Å²) in [6.07, 6.45) is 1.63. The SMILES string of the molecule is O=C(NCc1ccccn1)Nc1cc(Cl)cc(C(=O)O)c1. The molecule has 1 aromatic carbocycles. The van der Waals surface area contributed by atoms with Crippen molar-refractivity contribution in [3.8, 4) is 0 Å². The highest BCUT2D eigenvalue weighted by Crippen LogP contribution is 2.19. The quantitative estimate of drug-likeness (QED) is 0.810. The number of benzene rings is 1. The predicted molar refractivity (Wildman–Crippen MR) is 78.5 cm³/mol. The Balaban J connectivity index is 1.98. The van der Waals surface area contributed by atoms with Crippen molar-refractivity contribution < 1.29 is 14.7 Å². The Labute approximate surface area is 125 Å². The number of hydrogen-bond donors (Lipinski definition) is 3. The third-order valence-corrected chi connectivity index (χ3v) is 2.78. The summed E-state index contributed by atoms with van der Waals surface area (Å²) in [5, 5.41) is 14.3. The number of nitrogens with one attached hydrogen (secondary N) is 2. The lowest BCUT2D eigenvalue weighted by atomic mass is 10.2. The summed E-state index contributed by atoms with van der Waals surface area (Å²) >= 11 is 5.81. The lowest BCUT2D eigenvalue weighted by Gasteiger charge is -2.08. The largest absolute Gasteiger partial charge is 0.478 e. The molecule has 0 saturated carbocycles. The molecule has 0 saturated heterocycles. The van der Waals surface area contributed by atoms with Crippen LogP contribution in [-0.2, 0) is 6.54 Å². The first kappa shape index (κ1) is 14.8. The van der Waals surface area contributed by atoms with Gasteiger partial charge in [0.2, 0.25) is 0 Å². The van der Waals surface area contributed by atoms with Crippen LogP contribution in [0, 0.1) is 0 Å². The van der Waals surface area contributed by atoms with Crippen LogP contribution in [0.25, 0.3) is 0 Å². The van der Waals surface area contributed by atoms with Crippen molar-refractivity contribution in [1.82, 2.24) is 10.3 Å². The van der Waals surface area contributed by atoms with Gasteiger partial charge in [0.15, 0.2) is 0 Å². The maximum Gasteiger partial charge on any atom is 0.335 e. The first-order valence-electron chi connectivity index (χ1n) is 6.03. The molecule has 2 amide bonds. The molecule has 3 N–H and O–H groups in total. The Morgan fingerprint density at radius 1 is 1.24 bits per heavy atom. The first-order chi connectivity index (χ1) is 10.0. The molecule has 2 rings (SSSR count).